The number of benzene rings is 2. The molecule has 2 aromatic carbocycles. The number of anilines is 1. The third kappa shape index (κ3) is 2.44. The average molecular weight is 308 g/mol. The first-order chi connectivity index (χ1) is 11.2. The van der Waals surface area contributed by atoms with Crippen LogP contribution in [0.2, 0.25) is 0 Å². The van der Waals surface area contributed by atoms with Crippen molar-refractivity contribution in [2.45, 2.75) is 24.9 Å². The van der Waals surface area contributed by atoms with Gasteiger partial charge >= 0.3 is 6.09 Å². The van der Waals surface area contributed by atoms with E-state index >= 15 is 0 Å². The number of carboxylic acid groups (broad SMARTS) is 1. The Morgan fingerprint density at radius 3 is 2.61 bits per heavy atom. The monoisotopic (exact) mass is 308 g/mol. The summed E-state index contributed by atoms with van der Waals surface area (Å²) in [5.41, 5.74) is 3.85. The van der Waals surface area contributed by atoms with Gasteiger partial charge in [0.25, 0.3) is 0 Å². The summed E-state index contributed by atoms with van der Waals surface area (Å²) in [7, 11) is 0. The summed E-state index contributed by atoms with van der Waals surface area (Å²) in [5, 5.41) is 9.32. The number of carbonyl (C=O) groups is 1. The van der Waals surface area contributed by atoms with Crippen molar-refractivity contribution in [1.82, 2.24) is 4.90 Å². The van der Waals surface area contributed by atoms with Crippen LogP contribution in [0.4, 0.5) is 10.5 Å². The van der Waals surface area contributed by atoms with Gasteiger partial charge in [-0.1, -0.05) is 48.5 Å². The Kier molecular flexibility index (Phi) is 3.45. The molecule has 23 heavy (non-hydrogen) atoms. The van der Waals surface area contributed by atoms with Gasteiger partial charge in [-0.15, -0.1) is 0 Å². The van der Waals surface area contributed by atoms with E-state index in [1.165, 1.54) is 16.8 Å². The predicted molar refractivity (Wildman–Crippen MR) is 89.8 cm³/mol. The van der Waals surface area contributed by atoms with Gasteiger partial charge in [-0.3, -0.25) is 0 Å². The summed E-state index contributed by atoms with van der Waals surface area (Å²) in [6.07, 6.45) is 0.0841. The van der Waals surface area contributed by atoms with Crippen molar-refractivity contribution in [3.8, 4) is 0 Å². The molecule has 0 unspecified atom stereocenters. The van der Waals surface area contributed by atoms with Gasteiger partial charge in [0.05, 0.1) is 0 Å². The van der Waals surface area contributed by atoms with Gasteiger partial charge in [-0.2, -0.15) is 0 Å². The highest BCUT2D eigenvalue weighted by Crippen LogP contribution is 2.45. The zero-order valence-electron chi connectivity index (χ0n) is 12.9. The van der Waals surface area contributed by atoms with Gasteiger partial charge in [-0.25, -0.2) is 4.79 Å². The second kappa shape index (κ2) is 5.61. The third-order valence-corrected chi connectivity index (χ3v) is 5.09. The Hall–Kier alpha value is -2.49. The quantitative estimate of drug-likeness (QED) is 0.923. The first-order valence-electron chi connectivity index (χ1n) is 8.11. The van der Waals surface area contributed by atoms with E-state index in [1.807, 2.05) is 6.07 Å². The molecule has 4 nitrogen and oxygen atoms in total. The SMILES string of the molecule is O=C(O)N1CC[C@@H]2[C@H](C1)c1ccccc1N2Cc1ccccc1. The van der Waals surface area contributed by atoms with E-state index in [9.17, 15) is 9.90 Å². The fourth-order valence-corrected chi connectivity index (χ4v) is 4.02. The van der Waals surface area contributed by atoms with Crippen molar-refractivity contribution in [2.75, 3.05) is 18.0 Å². The minimum Gasteiger partial charge on any atom is -0.465 e. The standard InChI is InChI=1S/C19H20N2O2/c22-19(23)20-11-10-18-16(13-20)15-8-4-5-9-17(15)21(18)12-14-6-2-1-3-7-14/h1-9,16,18H,10-13H2,(H,22,23)/t16-,18-/m1/s1. The molecular formula is C19H20N2O2. The molecule has 1 saturated heterocycles. The van der Waals surface area contributed by atoms with E-state index in [4.69, 9.17) is 0 Å². The third-order valence-electron chi connectivity index (χ3n) is 5.09. The molecule has 4 heteroatoms. The maximum Gasteiger partial charge on any atom is 0.407 e. The molecule has 2 aliphatic rings. The maximum atomic E-state index is 11.3. The number of para-hydroxylation sites is 1. The molecule has 0 radical (unpaired) electrons. The highest BCUT2D eigenvalue weighted by molar-refractivity contribution is 5.67. The first kappa shape index (κ1) is 14.1. The lowest BCUT2D eigenvalue weighted by Gasteiger charge is -2.38. The van der Waals surface area contributed by atoms with Crippen molar-refractivity contribution in [3.63, 3.8) is 0 Å². The first-order valence-corrected chi connectivity index (χ1v) is 8.11. The van der Waals surface area contributed by atoms with Gasteiger partial charge in [-0.05, 0) is 23.6 Å². The largest absolute Gasteiger partial charge is 0.465 e. The number of hydrogen-bond donors (Lipinski definition) is 1. The number of likely N-dealkylation sites (tertiary alicyclic amines) is 1. The molecule has 4 rings (SSSR count). The predicted octanol–water partition coefficient (Wildman–Crippen LogP) is 3.54. The lowest BCUT2D eigenvalue weighted by molar-refractivity contribution is 0.127. The van der Waals surface area contributed by atoms with Crippen LogP contribution in [0, 0.1) is 0 Å². The van der Waals surface area contributed by atoms with Gasteiger partial charge < -0.3 is 14.9 Å². The number of hydrogen-bond acceptors (Lipinski definition) is 2. The molecule has 2 aromatic rings. The van der Waals surface area contributed by atoms with Crippen molar-refractivity contribution in [3.05, 3.63) is 65.7 Å². The summed E-state index contributed by atoms with van der Waals surface area (Å²) in [6, 6.07) is 19.3. The number of piperidine rings is 1. The van der Waals surface area contributed by atoms with Crippen LogP contribution in [0.25, 0.3) is 0 Å². The summed E-state index contributed by atoms with van der Waals surface area (Å²) >= 11 is 0. The van der Waals surface area contributed by atoms with Gasteiger partial charge in [0.1, 0.15) is 0 Å². The highest BCUT2D eigenvalue weighted by atomic mass is 16.4. The van der Waals surface area contributed by atoms with Crippen LogP contribution in [0.1, 0.15) is 23.5 Å². The van der Waals surface area contributed by atoms with E-state index < -0.39 is 6.09 Å². The minimum atomic E-state index is -0.803. The van der Waals surface area contributed by atoms with Crippen molar-refractivity contribution < 1.29 is 9.90 Å². The molecule has 2 heterocycles. The van der Waals surface area contributed by atoms with Crippen LogP contribution in [-0.4, -0.2) is 35.2 Å². The minimum absolute atomic E-state index is 0.278. The van der Waals surface area contributed by atoms with Crippen molar-refractivity contribution >= 4 is 11.8 Å². The second-order valence-electron chi connectivity index (χ2n) is 6.36. The van der Waals surface area contributed by atoms with E-state index in [0.717, 1.165) is 13.0 Å². The Bertz CT molecular complexity index is 716. The van der Waals surface area contributed by atoms with Crippen LogP contribution in [-0.2, 0) is 6.54 Å². The fourth-order valence-electron chi connectivity index (χ4n) is 4.02. The zero-order valence-corrected chi connectivity index (χ0v) is 12.9. The van der Waals surface area contributed by atoms with E-state index in [2.05, 4.69) is 53.4 Å². The summed E-state index contributed by atoms with van der Waals surface area (Å²) in [5.74, 6) is 0.278. The number of amides is 1. The Balaban J connectivity index is 1.67. The molecule has 2 atom stereocenters. The number of rotatable bonds is 2. The molecule has 0 aromatic heterocycles. The Labute approximate surface area is 136 Å². The van der Waals surface area contributed by atoms with Crippen LogP contribution < -0.4 is 4.90 Å². The normalized spacial score (nSPS) is 22.6. The molecule has 0 saturated carbocycles. The van der Waals surface area contributed by atoms with E-state index in [0.29, 0.717) is 19.1 Å². The highest BCUT2D eigenvalue weighted by Gasteiger charge is 2.42. The molecule has 0 spiro atoms. The van der Waals surface area contributed by atoms with Crippen LogP contribution >= 0.6 is 0 Å². The zero-order chi connectivity index (χ0) is 15.8. The van der Waals surface area contributed by atoms with E-state index in [1.54, 1.807) is 4.90 Å². The number of nitrogens with zero attached hydrogens (tertiary/aromatic N) is 2. The average Bonchev–Trinajstić information content (AvgIpc) is 2.90. The molecule has 1 fully saturated rings. The molecule has 1 amide bonds. The van der Waals surface area contributed by atoms with Gasteiger partial charge in [0.2, 0.25) is 0 Å². The van der Waals surface area contributed by atoms with Gasteiger partial charge in [0, 0.05) is 37.3 Å². The molecule has 118 valence electrons. The molecular weight excluding hydrogens is 288 g/mol. The van der Waals surface area contributed by atoms with Crippen LogP contribution in [0.15, 0.2) is 54.6 Å². The second-order valence-corrected chi connectivity index (χ2v) is 6.36. The topological polar surface area (TPSA) is 43.8 Å². The smallest absolute Gasteiger partial charge is 0.407 e. The molecule has 0 aliphatic carbocycles. The van der Waals surface area contributed by atoms with E-state index in [-0.39, 0.29) is 5.92 Å². The Morgan fingerprint density at radius 2 is 1.83 bits per heavy atom. The lowest BCUT2D eigenvalue weighted by atomic mass is 9.89. The van der Waals surface area contributed by atoms with Crippen molar-refractivity contribution in [1.29, 1.82) is 0 Å². The summed E-state index contributed by atoms with van der Waals surface area (Å²) < 4.78 is 0. The molecule has 0 bridgehead atoms. The summed E-state index contributed by atoms with van der Waals surface area (Å²) in [4.78, 5) is 15.4. The van der Waals surface area contributed by atoms with Crippen molar-refractivity contribution in [2.24, 2.45) is 0 Å². The summed E-state index contributed by atoms with van der Waals surface area (Å²) in [6.45, 7) is 2.10. The van der Waals surface area contributed by atoms with Gasteiger partial charge in [0.15, 0.2) is 0 Å². The van der Waals surface area contributed by atoms with Crippen LogP contribution in [0.5, 0.6) is 0 Å². The molecule has 2 aliphatic heterocycles. The lowest BCUT2D eigenvalue weighted by Crippen LogP contribution is -2.47. The Morgan fingerprint density at radius 1 is 1.09 bits per heavy atom. The number of fused-ring (bicyclic) bond motifs is 3. The van der Waals surface area contributed by atoms with Crippen LogP contribution in [0.3, 0.4) is 0 Å². The fraction of sp³-hybridized carbons (Fsp3) is 0.316. The molecule has 1 N–H and O–H groups in total. The maximum absolute atomic E-state index is 11.3.